The van der Waals surface area contributed by atoms with Crippen molar-refractivity contribution in [1.29, 1.82) is 0 Å². The van der Waals surface area contributed by atoms with Gasteiger partial charge < -0.3 is 5.73 Å². The second kappa shape index (κ2) is 6.30. The molecule has 0 spiro atoms. The van der Waals surface area contributed by atoms with Crippen LogP contribution in [0.2, 0.25) is 0 Å². The molecule has 1 aromatic carbocycles. The molecule has 3 N–H and O–H groups in total. The number of hydrogen-bond donors (Lipinski definition) is 2. The van der Waals surface area contributed by atoms with Gasteiger partial charge in [0.05, 0.1) is 4.90 Å². The van der Waals surface area contributed by atoms with Crippen LogP contribution in [0.4, 0.5) is 4.39 Å². The van der Waals surface area contributed by atoms with Crippen molar-refractivity contribution >= 4 is 10.0 Å². The molecule has 0 saturated carbocycles. The van der Waals surface area contributed by atoms with Gasteiger partial charge in [-0.25, -0.2) is 17.5 Å². The van der Waals surface area contributed by atoms with Crippen LogP contribution in [0.1, 0.15) is 16.8 Å². The Morgan fingerprint density at radius 1 is 1.29 bits per heavy atom. The van der Waals surface area contributed by atoms with Crippen molar-refractivity contribution in [3.05, 3.63) is 59.2 Å². The summed E-state index contributed by atoms with van der Waals surface area (Å²) in [6, 6.07) is 7.43. The summed E-state index contributed by atoms with van der Waals surface area (Å²) in [6.07, 6.45) is 1.59. The van der Waals surface area contributed by atoms with E-state index >= 15 is 0 Å². The molecule has 112 valence electrons. The van der Waals surface area contributed by atoms with E-state index in [9.17, 15) is 12.8 Å². The molecule has 0 unspecified atom stereocenters. The number of halogens is 1. The Kier molecular flexibility index (Phi) is 4.66. The van der Waals surface area contributed by atoms with Gasteiger partial charge in [0.2, 0.25) is 10.0 Å². The van der Waals surface area contributed by atoms with Gasteiger partial charge in [0.15, 0.2) is 0 Å². The summed E-state index contributed by atoms with van der Waals surface area (Å²) in [6.45, 7) is 1.74. The normalized spacial score (nSPS) is 11.6. The predicted molar refractivity (Wildman–Crippen MR) is 77.3 cm³/mol. The second-order valence-corrected chi connectivity index (χ2v) is 6.29. The van der Waals surface area contributed by atoms with E-state index in [1.165, 1.54) is 18.2 Å². The molecule has 1 heterocycles. The SMILES string of the molecule is Cc1ccc(CNS(=O)(=O)c2cccc(F)c2CN)cn1. The molecule has 1 aromatic heterocycles. The number of pyridine rings is 1. The number of aromatic nitrogens is 1. The van der Waals surface area contributed by atoms with E-state index in [0.29, 0.717) is 0 Å². The first kappa shape index (κ1) is 15.6. The monoisotopic (exact) mass is 309 g/mol. The molecule has 0 aliphatic carbocycles. The molecule has 0 amide bonds. The lowest BCUT2D eigenvalue weighted by molar-refractivity contribution is 0.571. The van der Waals surface area contributed by atoms with E-state index in [4.69, 9.17) is 5.73 Å². The van der Waals surface area contributed by atoms with Crippen molar-refractivity contribution in [3.63, 3.8) is 0 Å². The summed E-state index contributed by atoms with van der Waals surface area (Å²) in [5.41, 5.74) is 6.97. The highest BCUT2D eigenvalue weighted by Crippen LogP contribution is 2.18. The Bertz CT molecular complexity index is 730. The van der Waals surface area contributed by atoms with Gasteiger partial charge in [0, 0.05) is 30.5 Å². The van der Waals surface area contributed by atoms with Crippen molar-refractivity contribution in [2.75, 3.05) is 0 Å². The fourth-order valence-electron chi connectivity index (χ4n) is 1.85. The molecule has 0 saturated heterocycles. The van der Waals surface area contributed by atoms with E-state index in [1.54, 1.807) is 18.3 Å². The lowest BCUT2D eigenvalue weighted by Gasteiger charge is -2.11. The molecule has 7 heteroatoms. The van der Waals surface area contributed by atoms with Crippen molar-refractivity contribution in [1.82, 2.24) is 9.71 Å². The minimum Gasteiger partial charge on any atom is -0.326 e. The van der Waals surface area contributed by atoms with Gasteiger partial charge in [-0.15, -0.1) is 0 Å². The van der Waals surface area contributed by atoms with Gasteiger partial charge in [-0.3, -0.25) is 4.98 Å². The quantitative estimate of drug-likeness (QED) is 0.876. The number of hydrogen-bond acceptors (Lipinski definition) is 4. The minimum absolute atomic E-state index is 0.0213. The molecule has 0 radical (unpaired) electrons. The molecule has 0 aliphatic heterocycles. The summed E-state index contributed by atoms with van der Waals surface area (Å²) in [7, 11) is -3.83. The standard InChI is InChI=1S/C14H16FN3O2S/c1-10-5-6-11(8-17-10)9-18-21(19,20)14-4-2-3-13(15)12(14)7-16/h2-6,8,18H,7,9,16H2,1H3. The van der Waals surface area contributed by atoms with E-state index in [0.717, 1.165) is 11.3 Å². The van der Waals surface area contributed by atoms with Crippen LogP contribution in [0.25, 0.3) is 0 Å². The average Bonchev–Trinajstić information content (AvgIpc) is 2.46. The summed E-state index contributed by atoms with van der Waals surface area (Å²) >= 11 is 0. The van der Waals surface area contributed by atoms with Crippen LogP contribution < -0.4 is 10.5 Å². The molecule has 2 aromatic rings. The zero-order chi connectivity index (χ0) is 15.5. The molecular formula is C14H16FN3O2S. The number of nitrogens with zero attached hydrogens (tertiary/aromatic N) is 1. The van der Waals surface area contributed by atoms with Crippen LogP contribution in [0.5, 0.6) is 0 Å². The smallest absolute Gasteiger partial charge is 0.241 e. The Labute approximate surface area is 123 Å². The second-order valence-electron chi connectivity index (χ2n) is 4.55. The van der Waals surface area contributed by atoms with Crippen molar-refractivity contribution in [2.24, 2.45) is 5.73 Å². The maximum Gasteiger partial charge on any atom is 0.241 e. The van der Waals surface area contributed by atoms with Gasteiger partial charge in [0.1, 0.15) is 5.82 Å². The zero-order valence-electron chi connectivity index (χ0n) is 11.5. The van der Waals surface area contributed by atoms with Crippen molar-refractivity contribution in [3.8, 4) is 0 Å². The third-order valence-corrected chi connectivity index (χ3v) is 4.49. The van der Waals surface area contributed by atoms with Crippen LogP contribution in [0.3, 0.4) is 0 Å². The predicted octanol–water partition coefficient (Wildman–Crippen LogP) is 1.47. The highest BCUT2D eigenvalue weighted by atomic mass is 32.2. The van der Waals surface area contributed by atoms with E-state index in [-0.39, 0.29) is 23.5 Å². The topological polar surface area (TPSA) is 85.1 Å². The molecule has 0 bridgehead atoms. The molecule has 0 atom stereocenters. The Morgan fingerprint density at radius 2 is 2.05 bits per heavy atom. The fraction of sp³-hybridized carbons (Fsp3) is 0.214. The number of nitrogens with one attached hydrogen (secondary N) is 1. The molecule has 0 fully saturated rings. The van der Waals surface area contributed by atoms with Crippen LogP contribution in [0.15, 0.2) is 41.4 Å². The lowest BCUT2D eigenvalue weighted by atomic mass is 10.2. The summed E-state index contributed by atoms with van der Waals surface area (Å²) < 4.78 is 40.5. The molecular weight excluding hydrogens is 293 g/mol. The zero-order valence-corrected chi connectivity index (χ0v) is 12.3. The highest BCUT2D eigenvalue weighted by molar-refractivity contribution is 7.89. The number of benzene rings is 1. The van der Waals surface area contributed by atoms with Gasteiger partial charge in [-0.2, -0.15) is 0 Å². The summed E-state index contributed by atoms with van der Waals surface area (Å²) in [4.78, 5) is 3.95. The summed E-state index contributed by atoms with van der Waals surface area (Å²) in [5.74, 6) is -0.627. The van der Waals surface area contributed by atoms with Crippen LogP contribution in [0, 0.1) is 12.7 Å². The Morgan fingerprint density at radius 3 is 2.67 bits per heavy atom. The van der Waals surface area contributed by atoms with Crippen LogP contribution >= 0.6 is 0 Å². The first-order valence-electron chi connectivity index (χ1n) is 6.32. The maximum atomic E-state index is 13.6. The molecule has 5 nitrogen and oxygen atoms in total. The minimum atomic E-state index is -3.83. The number of nitrogens with two attached hydrogens (primary N) is 1. The first-order valence-corrected chi connectivity index (χ1v) is 7.81. The van der Waals surface area contributed by atoms with Gasteiger partial charge in [-0.05, 0) is 30.7 Å². The van der Waals surface area contributed by atoms with Crippen LogP contribution in [-0.4, -0.2) is 13.4 Å². The molecule has 2 rings (SSSR count). The third-order valence-electron chi connectivity index (χ3n) is 3.01. The van der Waals surface area contributed by atoms with Gasteiger partial charge in [-0.1, -0.05) is 12.1 Å². The number of rotatable bonds is 5. The third kappa shape index (κ3) is 3.63. The van der Waals surface area contributed by atoms with Crippen molar-refractivity contribution < 1.29 is 12.8 Å². The average molecular weight is 309 g/mol. The fourth-order valence-corrected chi connectivity index (χ4v) is 3.12. The van der Waals surface area contributed by atoms with Crippen molar-refractivity contribution in [2.45, 2.75) is 24.9 Å². The van der Waals surface area contributed by atoms with E-state index < -0.39 is 15.8 Å². The lowest BCUT2D eigenvalue weighted by Crippen LogP contribution is -2.25. The van der Waals surface area contributed by atoms with Gasteiger partial charge >= 0.3 is 0 Å². The highest BCUT2D eigenvalue weighted by Gasteiger charge is 2.19. The van der Waals surface area contributed by atoms with E-state index in [2.05, 4.69) is 9.71 Å². The van der Waals surface area contributed by atoms with Gasteiger partial charge in [0.25, 0.3) is 0 Å². The Balaban J connectivity index is 2.23. The van der Waals surface area contributed by atoms with E-state index in [1.807, 2.05) is 6.92 Å². The number of sulfonamides is 1. The Hall–Kier alpha value is -1.83. The molecule has 0 aliphatic rings. The number of aryl methyl sites for hydroxylation is 1. The molecule has 21 heavy (non-hydrogen) atoms. The maximum absolute atomic E-state index is 13.6. The summed E-state index contributed by atoms with van der Waals surface area (Å²) in [5, 5.41) is 0. The first-order chi connectivity index (χ1) is 9.94. The van der Waals surface area contributed by atoms with Crippen LogP contribution in [-0.2, 0) is 23.1 Å². The largest absolute Gasteiger partial charge is 0.326 e.